The number of aromatic nitrogens is 3. The molecule has 0 unspecified atom stereocenters. The quantitative estimate of drug-likeness (QED) is 0.650. The van der Waals surface area contributed by atoms with E-state index in [4.69, 9.17) is 4.74 Å². The van der Waals surface area contributed by atoms with E-state index in [1.807, 2.05) is 11.8 Å². The van der Waals surface area contributed by atoms with Crippen molar-refractivity contribution in [3.05, 3.63) is 30.2 Å². The number of anilines is 1. The number of nitrogens with zero attached hydrogens (tertiary/aromatic N) is 6. The third kappa shape index (κ3) is 4.57. The molecule has 4 heterocycles. The fourth-order valence-corrected chi connectivity index (χ4v) is 5.94. The highest BCUT2D eigenvalue weighted by atomic mass is 19.4. The highest BCUT2D eigenvalue weighted by Gasteiger charge is 2.51. The number of aryl methyl sites for hydroxylation is 1. The van der Waals surface area contributed by atoms with Gasteiger partial charge in [-0.05, 0) is 32.3 Å². The van der Waals surface area contributed by atoms with Crippen LogP contribution in [-0.4, -0.2) is 82.6 Å². The van der Waals surface area contributed by atoms with E-state index in [-0.39, 0.29) is 17.1 Å². The Bertz CT molecular complexity index is 1070. The molecule has 0 bridgehead atoms. The first-order valence-electron chi connectivity index (χ1n) is 12.1. The van der Waals surface area contributed by atoms with Gasteiger partial charge in [0.2, 0.25) is 0 Å². The number of likely N-dealkylation sites (tertiary alicyclic amines) is 1. The molecule has 8 nitrogen and oxygen atoms in total. The zero-order chi connectivity index (χ0) is 24.8. The topological polar surface area (TPSA) is 66.7 Å². The van der Waals surface area contributed by atoms with Crippen molar-refractivity contribution in [2.75, 3.05) is 50.8 Å². The van der Waals surface area contributed by atoms with Crippen LogP contribution in [0.5, 0.6) is 0 Å². The van der Waals surface area contributed by atoms with Crippen LogP contribution in [0.15, 0.2) is 24.7 Å². The monoisotopic (exact) mass is 492 g/mol. The van der Waals surface area contributed by atoms with Crippen molar-refractivity contribution in [2.45, 2.75) is 38.4 Å². The smallest absolute Gasteiger partial charge is 0.417 e. The lowest BCUT2D eigenvalue weighted by atomic mass is 9.78. The molecular formula is C24H31F3N6O2. The number of rotatable bonds is 4. The molecule has 2 aliphatic heterocycles. The van der Waals surface area contributed by atoms with Crippen LogP contribution >= 0.6 is 0 Å². The van der Waals surface area contributed by atoms with Gasteiger partial charge in [-0.15, -0.1) is 0 Å². The lowest BCUT2D eigenvalue weighted by molar-refractivity contribution is -0.137. The predicted octanol–water partition coefficient (Wildman–Crippen LogP) is 3.63. The van der Waals surface area contributed by atoms with Crippen molar-refractivity contribution >= 4 is 11.9 Å². The van der Waals surface area contributed by atoms with Gasteiger partial charge < -0.3 is 14.5 Å². The number of ether oxygens (including phenoxy) is 1. The first-order chi connectivity index (χ1) is 16.7. The molecule has 3 fully saturated rings. The van der Waals surface area contributed by atoms with Crippen molar-refractivity contribution < 1.29 is 22.7 Å². The molecule has 190 valence electrons. The van der Waals surface area contributed by atoms with Gasteiger partial charge in [0.1, 0.15) is 5.82 Å². The Hall–Kier alpha value is -2.82. The van der Waals surface area contributed by atoms with Crippen molar-refractivity contribution in [2.24, 2.45) is 12.5 Å². The van der Waals surface area contributed by atoms with Gasteiger partial charge in [0.05, 0.1) is 18.4 Å². The van der Waals surface area contributed by atoms with E-state index in [0.29, 0.717) is 37.1 Å². The second-order valence-corrected chi connectivity index (χ2v) is 9.93. The summed E-state index contributed by atoms with van der Waals surface area (Å²) in [6.07, 6.45) is 2.82. The minimum absolute atomic E-state index is 0.0925. The Kier molecular flexibility index (Phi) is 6.14. The highest BCUT2D eigenvalue weighted by molar-refractivity contribution is 5.79. The molecule has 1 amide bonds. The van der Waals surface area contributed by atoms with E-state index in [2.05, 4.69) is 15.0 Å². The fraction of sp³-hybridized carbons (Fsp3) is 0.625. The SMILES string of the molecule is CCOC(=O)N1CC2(CC[C@@H](N3CCN(c4nccc(C(F)(F)F)c4-c4cnn(C)c4)CC3)C2)C1. The van der Waals surface area contributed by atoms with Gasteiger partial charge in [0.25, 0.3) is 0 Å². The summed E-state index contributed by atoms with van der Waals surface area (Å²) in [6.45, 7) is 6.47. The Morgan fingerprint density at radius 2 is 1.97 bits per heavy atom. The standard InChI is InChI=1S/C24H31F3N6O2/c1-3-35-22(34)33-15-23(16-33)6-4-18(12-23)31-8-10-32(11-9-31)21-20(17-13-29-30(2)14-17)19(5-7-28-21)24(25,26)27/h5,7,13-14,18H,3-4,6,8-12,15-16H2,1-2H3/t18-/m1/s1. The van der Waals surface area contributed by atoms with Crippen molar-refractivity contribution in [1.29, 1.82) is 0 Å². The molecule has 0 aromatic carbocycles. The van der Waals surface area contributed by atoms with Crippen LogP contribution in [0.4, 0.5) is 23.8 Å². The lowest BCUT2D eigenvalue weighted by Gasteiger charge is -2.48. The summed E-state index contributed by atoms with van der Waals surface area (Å²) in [4.78, 5) is 22.5. The normalized spacial score (nSPS) is 22.5. The summed E-state index contributed by atoms with van der Waals surface area (Å²) >= 11 is 0. The first-order valence-corrected chi connectivity index (χ1v) is 12.1. The average molecular weight is 493 g/mol. The number of amides is 1. The summed E-state index contributed by atoms with van der Waals surface area (Å²) in [5.74, 6) is 0.361. The third-order valence-corrected chi connectivity index (χ3v) is 7.62. The summed E-state index contributed by atoms with van der Waals surface area (Å²) in [7, 11) is 1.69. The molecule has 0 radical (unpaired) electrons. The maximum atomic E-state index is 13.9. The number of alkyl halides is 3. The number of pyridine rings is 1. The first kappa shape index (κ1) is 23.9. The van der Waals surface area contributed by atoms with Crippen LogP contribution in [0, 0.1) is 5.41 Å². The van der Waals surface area contributed by atoms with Crippen LogP contribution in [0.3, 0.4) is 0 Å². The molecule has 5 rings (SSSR count). The Balaban J connectivity index is 1.26. The van der Waals surface area contributed by atoms with E-state index < -0.39 is 11.7 Å². The summed E-state index contributed by atoms with van der Waals surface area (Å²) in [5, 5.41) is 4.08. The number of halogens is 3. The summed E-state index contributed by atoms with van der Waals surface area (Å²) in [6, 6.07) is 1.48. The molecule has 1 atom stereocenters. The maximum absolute atomic E-state index is 13.9. The number of piperazine rings is 1. The van der Waals surface area contributed by atoms with E-state index in [9.17, 15) is 18.0 Å². The molecule has 2 aromatic heterocycles. The van der Waals surface area contributed by atoms with Gasteiger partial charge >= 0.3 is 12.3 Å². The summed E-state index contributed by atoms with van der Waals surface area (Å²) in [5.41, 5.74) is 0.00545. The molecule has 1 saturated carbocycles. The number of hydrogen-bond acceptors (Lipinski definition) is 6. The molecule has 11 heteroatoms. The van der Waals surface area contributed by atoms with Crippen LogP contribution in [-0.2, 0) is 18.0 Å². The van der Waals surface area contributed by atoms with Gasteiger partial charge in [-0.25, -0.2) is 9.78 Å². The lowest BCUT2D eigenvalue weighted by Crippen LogP contribution is -2.58. The average Bonchev–Trinajstić information content (AvgIpc) is 3.44. The van der Waals surface area contributed by atoms with Crippen molar-refractivity contribution in [3.63, 3.8) is 0 Å². The minimum atomic E-state index is -4.48. The van der Waals surface area contributed by atoms with E-state index in [1.165, 1.54) is 17.1 Å². The van der Waals surface area contributed by atoms with Crippen LogP contribution in [0.25, 0.3) is 11.1 Å². The van der Waals surface area contributed by atoms with E-state index >= 15 is 0 Å². The number of hydrogen-bond donors (Lipinski definition) is 0. The molecule has 1 spiro atoms. The Labute approximate surface area is 202 Å². The molecule has 2 saturated heterocycles. The molecule has 2 aromatic rings. The highest BCUT2D eigenvalue weighted by Crippen LogP contribution is 2.47. The van der Waals surface area contributed by atoms with Gasteiger partial charge in [-0.1, -0.05) is 0 Å². The second kappa shape index (κ2) is 9.00. The zero-order valence-electron chi connectivity index (χ0n) is 20.1. The van der Waals surface area contributed by atoms with E-state index in [1.54, 1.807) is 18.1 Å². The van der Waals surface area contributed by atoms with Gasteiger partial charge in [-0.3, -0.25) is 9.58 Å². The van der Waals surface area contributed by atoms with Crippen LogP contribution in [0.1, 0.15) is 31.7 Å². The third-order valence-electron chi connectivity index (χ3n) is 7.62. The molecule has 35 heavy (non-hydrogen) atoms. The van der Waals surface area contributed by atoms with Gasteiger partial charge in [0, 0.05) is 81.3 Å². The number of carbonyl (C=O) groups excluding carboxylic acids is 1. The van der Waals surface area contributed by atoms with Gasteiger partial charge in [0.15, 0.2) is 0 Å². The minimum Gasteiger partial charge on any atom is -0.450 e. The van der Waals surface area contributed by atoms with Crippen molar-refractivity contribution in [1.82, 2.24) is 24.6 Å². The van der Waals surface area contributed by atoms with Gasteiger partial charge in [-0.2, -0.15) is 18.3 Å². The van der Waals surface area contributed by atoms with Crippen molar-refractivity contribution in [3.8, 4) is 11.1 Å². The second-order valence-electron chi connectivity index (χ2n) is 9.93. The fourth-order valence-electron chi connectivity index (χ4n) is 5.94. The summed E-state index contributed by atoms with van der Waals surface area (Å²) < 4.78 is 48.2. The molecular weight excluding hydrogens is 461 g/mol. The Morgan fingerprint density at radius 1 is 1.23 bits per heavy atom. The van der Waals surface area contributed by atoms with Crippen LogP contribution < -0.4 is 4.90 Å². The maximum Gasteiger partial charge on any atom is 0.417 e. The molecule has 0 N–H and O–H groups in total. The largest absolute Gasteiger partial charge is 0.450 e. The zero-order valence-corrected chi connectivity index (χ0v) is 20.1. The molecule has 1 aliphatic carbocycles. The van der Waals surface area contributed by atoms with Crippen LogP contribution in [0.2, 0.25) is 0 Å². The predicted molar refractivity (Wildman–Crippen MR) is 124 cm³/mol. The molecule has 3 aliphatic rings. The van der Waals surface area contributed by atoms with E-state index in [0.717, 1.165) is 51.5 Å². The number of carbonyl (C=O) groups is 1. The Morgan fingerprint density at radius 3 is 2.60 bits per heavy atom.